The quantitative estimate of drug-likeness (QED) is 0.679. The average molecular weight is 304 g/mol. The van der Waals surface area contributed by atoms with E-state index in [1.54, 1.807) is 12.1 Å². The van der Waals surface area contributed by atoms with Gasteiger partial charge in [-0.2, -0.15) is 0 Å². The van der Waals surface area contributed by atoms with Crippen molar-refractivity contribution >= 4 is 0 Å². The van der Waals surface area contributed by atoms with Gasteiger partial charge in [0.15, 0.2) is 0 Å². The summed E-state index contributed by atoms with van der Waals surface area (Å²) in [7, 11) is 0. The summed E-state index contributed by atoms with van der Waals surface area (Å²) in [6, 6.07) is 20.8. The molecule has 0 bridgehead atoms. The SMILES string of the molecule is CCCc1cccc(-c2ccccc2O)c1-c1ccccc1O. The van der Waals surface area contributed by atoms with Crippen LogP contribution in [0.2, 0.25) is 0 Å². The fourth-order valence-corrected chi connectivity index (χ4v) is 3.01. The van der Waals surface area contributed by atoms with E-state index in [2.05, 4.69) is 13.0 Å². The highest BCUT2D eigenvalue weighted by atomic mass is 16.3. The van der Waals surface area contributed by atoms with Crippen molar-refractivity contribution in [1.29, 1.82) is 0 Å². The van der Waals surface area contributed by atoms with Gasteiger partial charge in [-0.25, -0.2) is 0 Å². The highest BCUT2D eigenvalue weighted by molar-refractivity contribution is 5.89. The van der Waals surface area contributed by atoms with Crippen LogP contribution in [0.3, 0.4) is 0 Å². The number of aromatic hydroxyl groups is 2. The maximum absolute atomic E-state index is 10.3. The Bertz CT molecular complexity index is 822. The summed E-state index contributed by atoms with van der Waals surface area (Å²) in [5.41, 5.74) is 4.69. The lowest BCUT2D eigenvalue weighted by Gasteiger charge is -2.17. The third kappa shape index (κ3) is 2.93. The van der Waals surface area contributed by atoms with Crippen molar-refractivity contribution < 1.29 is 10.2 Å². The fraction of sp³-hybridized carbons (Fsp3) is 0.143. The molecule has 0 saturated heterocycles. The zero-order valence-corrected chi connectivity index (χ0v) is 13.2. The van der Waals surface area contributed by atoms with Crippen LogP contribution in [0.5, 0.6) is 11.5 Å². The first-order chi connectivity index (χ1) is 11.2. The molecule has 0 aliphatic heterocycles. The van der Waals surface area contributed by atoms with Gasteiger partial charge in [-0.15, -0.1) is 0 Å². The monoisotopic (exact) mass is 304 g/mol. The van der Waals surface area contributed by atoms with Crippen LogP contribution in [-0.2, 0) is 6.42 Å². The van der Waals surface area contributed by atoms with Crippen LogP contribution in [0.4, 0.5) is 0 Å². The van der Waals surface area contributed by atoms with Gasteiger partial charge in [0.2, 0.25) is 0 Å². The largest absolute Gasteiger partial charge is 0.507 e. The van der Waals surface area contributed by atoms with Crippen LogP contribution < -0.4 is 0 Å². The summed E-state index contributed by atoms with van der Waals surface area (Å²) >= 11 is 0. The minimum Gasteiger partial charge on any atom is -0.507 e. The number of aryl methyl sites for hydroxylation is 1. The molecule has 0 aliphatic rings. The van der Waals surface area contributed by atoms with E-state index >= 15 is 0 Å². The van der Waals surface area contributed by atoms with Crippen molar-refractivity contribution in [3.63, 3.8) is 0 Å². The van der Waals surface area contributed by atoms with Crippen LogP contribution in [0.25, 0.3) is 22.3 Å². The molecular weight excluding hydrogens is 284 g/mol. The third-order valence-electron chi connectivity index (χ3n) is 4.04. The lowest BCUT2D eigenvalue weighted by Crippen LogP contribution is -1.94. The summed E-state index contributed by atoms with van der Waals surface area (Å²) in [5.74, 6) is 0.505. The highest BCUT2D eigenvalue weighted by Crippen LogP contribution is 2.42. The predicted octanol–water partition coefficient (Wildman–Crippen LogP) is 5.38. The van der Waals surface area contributed by atoms with Crippen LogP contribution in [0.1, 0.15) is 18.9 Å². The first-order valence-corrected chi connectivity index (χ1v) is 7.91. The molecular formula is C21H20O2. The normalized spacial score (nSPS) is 10.7. The fourth-order valence-electron chi connectivity index (χ4n) is 3.01. The molecule has 2 N–H and O–H groups in total. The lowest BCUT2D eigenvalue weighted by atomic mass is 9.88. The Hall–Kier alpha value is -2.74. The zero-order valence-electron chi connectivity index (χ0n) is 13.2. The van der Waals surface area contributed by atoms with Crippen LogP contribution in [0.15, 0.2) is 66.7 Å². The van der Waals surface area contributed by atoms with Crippen LogP contribution in [0, 0.1) is 0 Å². The second kappa shape index (κ2) is 6.57. The van der Waals surface area contributed by atoms with E-state index in [9.17, 15) is 10.2 Å². The number of phenols is 2. The number of hydrogen-bond acceptors (Lipinski definition) is 2. The first-order valence-electron chi connectivity index (χ1n) is 7.91. The van der Waals surface area contributed by atoms with E-state index in [-0.39, 0.29) is 11.5 Å². The molecule has 0 aliphatic carbocycles. The molecule has 3 aromatic carbocycles. The molecule has 116 valence electrons. The summed E-state index contributed by atoms with van der Waals surface area (Å²) in [5, 5.41) is 20.6. The van der Waals surface area contributed by atoms with Crippen LogP contribution >= 0.6 is 0 Å². The number of hydrogen-bond donors (Lipinski definition) is 2. The van der Waals surface area contributed by atoms with Gasteiger partial charge in [-0.05, 0) is 35.2 Å². The minimum atomic E-state index is 0.248. The molecule has 2 heteroatoms. The van der Waals surface area contributed by atoms with Gasteiger partial charge in [0.05, 0.1) is 0 Å². The molecule has 3 aromatic rings. The zero-order chi connectivity index (χ0) is 16.2. The van der Waals surface area contributed by atoms with Gasteiger partial charge in [-0.3, -0.25) is 0 Å². The molecule has 0 atom stereocenters. The number of rotatable bonds is 4. The van der Waals surface area contributed by atoms with E-state index in [0.29, 0.717) is 0 Å². The smallest absolute Gasteiger partial charge is 0.123 e. The number of phenolic OH excluding ortho intramolecular Hbond substituents is 2. The van der Waals surface area contributed by atoms with Gasteiger partial charge in [0.25, 0.3) is 0 Å². The molecule has 0 spiro atoms. The molecule has 3 rings (SSSR count). The number of benzene rings is 3. The van der Waals surface area contributed by atoms with Gasteiger partial charge in [-0.1, -0.05) is 67.9 Å². The summed E-state index contributed by atoms with van der Waals surface area (Å²) in [6.07, 6.45) is 1.94. The lowest BCUT2D eigenvalue weighted by molar-refractivity contribution is 0.476. The van der Waals surface area contributed by atoms with E-state index < -0.39 is 0 Å². The molecule has 2 nitrogen and oxygen atoms in total. The van der Waals surface area contributed by atoms with Gasteiger partial charge in [0.1, 0.15) is 11.5 Å². The van der Waals surface area contributed by atoms with Crippen molar-refractivity contribution in [1.82, 2.24) is 0 Å². The Kier molecular flexibility index (Phi) is 4.33. The molecule has 0 aromatic heterocycles. The van der Waals surface area contributed by atoms with Gasteiger partial charge >= 0.3 is 0 Å². The molecule has 23 heavy (non-hydrogen) atoms. The van der Waals surface area contributed by atoms with Gasteiger partial charge < -0.3 is 10.2 Å². The van der Waals surface area contributed by atoms with E-state index in [0.717, 1.165) is 35.1 Å². The Morgan fingerprint density at radius 2 is 1.22 bits per heavy atom. The van der Waals surface area contributed by atoms with Crippen molar-refractivity contribution in [2.75, 3.05) is 0 Å². The summed E-state index contributed by atoms with van der Waals surface area (Å²) in [6.45, 7) is 2.14. The predicted molar refractivity (Wildman–Crippen MR) is 94.6 cm³/mol. The maximum Gasteiger partial charge on any atom is 0.123 e. The van der Waals surface area contributed by atoms with Crippen LogP contribution in [-0.4, -0.2) is 10.2 Å². The van der Waals surface area contributed by atoms with Crippen molar-refractivity contribution in [3.05, 3.63) is 72.3 Å². The Balaban J connectivity index is 2.31. The summed E-state index contributed by atoms with van der Waals surface area (Å²) < 4.78 is 0. The van der Waals surface area contributed by atoms with E-state index in [4.69, 9.17) is 0 Å². The molecule has 0 fully saturated rings. The first kappa shape index (κ1) is 15.2. The Morgan fingerprint density at radius 1 is 0.652 bits per heavy atom. The average Bonchev–Trinajstić information content (AvgIpc) is 2.56. The maximum atomic E-state index is 10.3. The standard InChI is InChI=1S/C21H20O2/c1-2-8-15-9-7-12-17(16-10-3-5-13-19(16)22)21(15)18-11-4-6-14-20(18)23/h3-7,9-14,22-23H,2,8H2,1H3. The minimum absolute atomic E-state index is 0.248. The van der Waals surface area contributed by atoms with E-state index in [1.807, 2.05) is 48.5 Å². The molecule has 0 radical (unpaired) electrons. The van der Waals surface area contributed by atoms with Crippen molar-refractivity contribution in [2.45, 2.75) is 19.8 Å². The highest BCUT2D eigenvalue weighted by Gasteiger charge is 2.16. The molecule has 0 unspecified atom stereocenters. The molecule has 0 amide bonds. The van der Waals surface area contributed by atoms with E-state index in [1.165, 1.54) is 5.56 Å². The number of para-hydroxylation sites is 2. The molecule has 0 saturated carbocycles. The third-order valence-corrected chi connectivity index (χ3v) is 4.04. The Morgan fingerprint density at radius 3 is 1.83 bits per heavy atom. The topological polar surface area (TPSA) is 40.5 Å². The Labute approximate surface area is 136 Å². The summed E-state index contributed by atoms with van der Waals surface area (Å²) in [4.78, 5) is 0. The van der Waals surface area contributed by atoms with Crippen molar-refractivity contribution in [2.24, 2.45) is 0 Å². The second-order valence-corrected chi connectivity index (χ2v) is 5.62. The second-order valence-electron chi connectivity index (χ2n) is 5.62. The van der Waals surface area contributed by atoms with Gasteiger partial charge in [0, 0.05) is 11.1 Å². The molecule has 0 heterocycles. The van der Waals surface area contributed by atoms with Crippen molar-refractivity contribution in [3.8, 4) is 33.8 Å².